The standard InChI is InChI=1S/C6H9N3O/c1-9-4-5(3-8-9)6(10)2-7/h3-4H,2,7H2,1H3. The third kappa shape index (κ3) is 1.22. The molecule has 0 saturated carbocycles. The van der Waals surface area contributed by atoms with Gasteiger partial charge in [-0.25, -0.2) is 0 Å². The number of hydrogen-bond donors (Lipinski definition) is 1. The first-order valence-electron chi connectivity index (χ1n) is 2.96. The summed E-state index contributed by atoms with van der Waals surface area (Å²) >= 11 is 0. The maximum absolute atomic E-state index is 10.8. The Hall–Kier alpha value is -1.16. The summed E-state index contributed by atoms with van der Waals surface area (Å²) < 4.78 is 1.57. The molecular weight excluding hydrogens is 130 g/mol. The van der Waals surface area contributed by atoms with E-state index in [4.69, 9.17) is 5.73 Å². The SMILES string of the molecule is Cn1cc(C(=O)CN)cn1. The van der Waals surface area contributed by atoms with Crippen molar-refractivity contribution in [2.24, 2.45) is 12.8 Å². The van der Waals surface area contributed by atoms with Crippen LogP contribution in [0.4, 0.5) is 0 Å². The molecule has 0 atom stereocenters. The number of aromatic nitrogens is 2. The molecule has 1 rings (SSSR count). The molecule has 0 aromatic carbocycles. The number of carbonyl (C=O) groups excluding carboxylic acids is 1. The Labute approximate surface area is 58.6 Å². The molecular formula is C6H9N3O. The van der Waals surface area contributed by atoms with Crippen LogP contribution in [0.3, 0.4) is 0 Å². The molecule has 1 aromatic rings. The summed E-state index contributed by atoms with van der Waals surface area (Å²) in [5.74, 6) is -0.0758. The lowest BCUT2D eigenvalue weighted by Crippen LogP contribution is -2.12. The number of nitrogens with two attached hydrogens (primary N) is 1. The zero-order valence-electron chi connectivity index (χ0n) is 5.74. The van der Waals surface area contributed by atoms with Gasteiger partial charge >= 0.3 is 0 Å². The van der Waals surface area contributed by atoms with Gasteiger partial charge in [0.05, 0.1) is 18.3 Å². The van der Waals surface area contributed by atoms with Crippen molar-refractivity contribution in [3.63, 3.8) is 0 Å². The van der Waals surface area contributed by atoms with E-state index in [-0.39, 0.29) is 12.3 Å². The second kappa shape index (κ2) is 2.62. The Balaban J connectivity index is 2.85. The van der Waals surface area contributed by atoms with Gasteiger partial charge in [-0.2, -0.15) is 5.10 Å². The van der Waals surface area contributed by atoms with Crippen molar-refractivity contribution >= 4 is 5.78 Å². The summed E-state index contributed by atoms with van der Waals surface area (Å²) in [7, 11) is 1.76. The highest BCUT2D eigenvalue weighted by Gasteiger charge is 2.03. The minimum absolute atomic E-state index is 0.0473. The van der Waals surface area contributed by atoms with Crippen molar-refractivity contribution < 1.29 is 4.79 Å². The van der Waals surface area contributed by atoms with Crippen molar-refractivity contribution in [3.8, 4) is 0 Å². The van der Waals surface area contributed by atoms with E-state index in [0.29, 0.717) is 5.56 Å². The Morgan fingerprint density at radius 2 is 2.60 bits per heavy atom. The average molecular weight is 139 g/mol. The fourth-order valence-corrected chi connectivity index (χ4v) is 0.683. The van der Waals surface area contributed by atoms with Crippen LogP contribution < -0.4 is 5.73 Å². The lowest BCUT2D eigenvalue weighted by Gasteiger charge is -1.87. The zero-order chi connectivity index (χ0) is 7.56. The summed E-state index contributed by atoms with van der Waals surface area (Å²) in [4.78, 5) is 10.8. The van der Waals surface area contributed by atoms with Crippen LogP contribution >= 0.6 is 0 Å². The molecule has 4 heteroatoms. The van der Waals surface area contributed by atoms with Crippen LogP contribution in [0.1, 0.15) is 10.4 Å². The lowest BCUT2D eigenvalue weighted by atomic mass is 10.2. The summed E-state index contributed by atoms with van der Waals surface area (Å²) in [5, 5.41) is 3.83. The van der Waals surface area contributed by atoms with Crippen molar-refractivity contribution in [1.82, 2.24) is 9.78 Å². The van der Waals surface area contributed by atoms with E-state index in [1.807, 2.05) is 0 Å². The van der Waals surface area contributed by atoms with Crippen molar-refractivity contribution in [3.05, 3.63) is 18.0 Å². The Bertz CT molecular complexity index is 241. The number of Topliss-reactive ketones (excluding diaryl/α,β-unsaturated/α-hetero) is 1. The predicted octanol–water partition coefficient (Wildman–Crippen LogP) is -0.439. The van der Waals surface area contributed by atoms with E-state index in [1.54, 1.807) is 17.9 Å². The normalized spacial score (nSPS) is 9.80. The van der Waals surface area contributed by atoms with Gasteiger partial charge in [-0.15, -0.1) is 0 Å². The number of carbonyl (C=O) groups is 1. The molecule has 0 aliphatic rings. The molecule has 0 fully saturated rings. The van der Waals surface area contributed by atoms with Gasteiger partial charge in [0.15, 0.2) is 5.78 Å². The summed E-state index contributed by atoms with van der Waals surface area (Å²) in [6.07, 6.45) is 3.16. The largest absolute Gasteiger partial charge is 0.324 e. The molecule has 4 nitrogen and oxygen atoms in total. The first-order valence-corrected chi connectivity index (χ1v) is 2.96. The third-order valence-electron chi connectivity index (χ3n) is 1.21. The third-order valence-corrected chi connectivity index (χ3v) is 1.21. The Morgan fingerprint density at radius 3 is 3.00 bits per heavy atom. The number of aryl methyl sites for hydroxylation is 1. The molecule has 2 N–H and O–H groups in total. The van der Waals surface area contributed by atoms with Crippen molar-refractivity contribution in [1.29, 1.82) is 0 Å². The fraction of sp³-hybridized carbons (Fsp3) is 0.333. The van der Waals surface area contributed by atoms with Gasteiger partial charge in [-0.3, -0.25) is 9.48 Å². The van der Waals surface area contributed by atoms with Crippen LogP contribution in [0.25, 0.3) is 0 Å². The first-order chi connectivity index (χ1) is 4.74. The predicted molar refractivity (Wildman–Crippen MR) is 36.6 cm³/mol. The molecule has 0 aliphatic heterocycles. The van der Waals surface area contributed by atoms with E-state index in [0.717, 1.165) is 0 Å². The van der Waals surface area contributed by atoms with E-state index >= 15 is 0 Å². The Kier molecular flexibility index (Phi) is 1.82. The second-order valence-electron chi connectivity index (χ2n) is 2.03. The minimum atomic E-state index is -0.0758. The smallest absolute Gasteiger partial charge is 0.179 e. The van der Waals surface area contributed by atoms with Crippen molar-refractivity contribution in [2.45, 2.75) is 0 Å². The maximum Gasteiger partial charge on any atom is 0.179 e. The van der Waals surface area contributed by atoms with Gasteiger partial charge in [0.1, 0.15) is 0 Å². The van der Waals surface area contributed by atoms with Crippen LogP contribution in [-0.4, -0.2) is 22.1 Å². The molecule has 0 unspecified atom stereocenters. The molecule has 0 radical (unpaired) electrons. The summed E-state index contributed by atoms with van der Waals surface area (Å²) in [6, 6.07) is 0. The molecule has 0 saturated heterocycles. The highest BCUT2D eigenvalue weighted by atomic mass is 16.1. The second-order valence-corrected chi connectivity index (χ2v) is 2.03. The summed E-state index contributed by atoms with van der Waals surface area (Å²) in [5.41, 5.74) is 5.70. The Morgan fingerprint density at radius 1 is 1.90 bits per heavy atom. The molecule has 54 valence electrons. The van der Waals surface area contributed by atoms with Crippen LogP contribution in [0.15, 0.2) is 12.4 Å². The zero-order valence-corrected chi connectivity index (χ0v) is 5.74. The molecule has 0 spiro atoms. The van der Waals surface area contributed by atoms with Crippen LogP contribution in [-0.2, 0) is 7.05 Å². The quantitative estimate of drug-likeness (QED) is 0.565. The monoisotopic (exact) mass is 139 g/mol. The van der Waals surface area contributed by atoms with Gasteiger partial charge in [0.2, 0.25) is 0 Å². The minimum Gasteiger partial charge on any atom is -0.324 e. The van der Waals surface area contributed by atoms with Gasteiger partial charge in [0, 0.05) is 13.2 Å². The van der Waals surface area contributed by atoms with Gasteiger partial charge in [-0.05, 0) is 0 Å². The number of hydrogen-bond acceptors (Lipinski definition) is 3. The fourth-order valence-electron chi connectivity index (χ4n) is 0.683. The maximum atomic E-state index is 10.8. The van der Waals surface area contributed by atoms with Crippen LogP contribution in [0.5, 0.6) is 0 Å². The van der Waals surface area contributed by atoms with E-state index in [2.05, 4.69) is 5.10 Å². The first kappa shape index (κ1) is 6.95. The molecule has 1 heterocycles. The molecule has 0 amide bonds. The topological polar surface area (TPSA) is 60.9 Å². The van der Waals surface area contributed by atoms with E-state index in [1.165, 1.54) is 6.20 Å². The van der Waals surface area contributed by atoms with E-state index < -0.39 is 0 Å². The highest BCUT2D eigenvalue weighted by molar-refractivity contribution is 5.96. The van der Waals surface area contributed by atoms with Gasteiger partial charge in [0.25, 0.3) is 0 Å². The number of ketones is 1. The van der Waals surface area contributed by atoms with E-state index in [9.17, 15) is 4.79 Å². The molecule has 10 heavy (non-hydrogen) atoms. The molecule has 0 aliphatic carbocycles. The number of rotatable bonds is 2. The van der Waals surface area contributed by atoms with Crippen LogP contribution in [0.2, 0.25) is 0 Å². The van der Waals surface area contributed by atoms with Crippen LogP contribution in [0, 0.1) is 0 Å². The van der Waals surface area contributed by atoms with Gasteiger partial charge in [-0.1, -0.05) is 0 Å². The number of nitrogens with zero attached hydrogens (tertiary/aromatic N) is 2. The summed E-state index contributed by atoms with van der Waals surface area (Å²) in [6.45, 7) is 0.0473. The molecule has 1 aromatic heterocycles. The van der Waals surface area contributed by atoms with Crippen molar-refractivity contribution in [2.75, 3.05) is 6.54 Å². The molecule has 0 bridgehead atoms. The average Bonchev–Trinajstić information content (AvgIpc) is 2.34. The highest BCUT2D eigenvalue weighted by Crippen LogP contribution is 1.95. The lowest BCUT2D eigenvalue weighted by molar-refractivity contribution is 0.100. The van der Waals surface area contributed by atoms with Gasteiger partial charge < -0.3 is 5.73 Å².